The molecule has 5 heteroatoms. The van der Waals surface area contributed by atoms with E-state index in [-0.39, 0.29) is 23.7 Å². The number of nitrogens with one attached hydrogen (secondary N) is 1. The van der Waals surface area contributed by atoms with E-state index in [2.05, 4.69) is 5.32 Å². The number of rotatable bonds is 5. The van der Waals surface area contributed by atoms with Gasteiger partial charge in [-0.05, 0) is 38.5 Å². The van der Waals surface area contributed by atoms with Crippen LogP contribution in [0.4, 0.5) is 0 Å². The molecule has 19 heavy (non-hydrogen) atoms. The van der Waals surface area contributed by atoms with Crippen LogP contribution in [0.15, 0.2) is 0 Å². The number of hydrogen-bond acceptors (Lipinski definition) is 3. The van der Waals surface area contributed by atoms with Crippen LogP contribution in [0.3, 0.4) is 0 Å². The number of carbonyl (C=O) groups excluding carboxylic acids is 1. The summed E-state index contributed by atoms with van der Waals surface area (Å²) in [5, 5.41) is 3.06. The summed E-state index contributed by atoms with van der Waals surface area (Å²) in [4.78, 5) is 12.2. The van der Waals surface area contributed by atoms with E-state index >= 15 is 0 Å². The molecule has 3 N–H and O–H groups in total. The number of nitrogens with two attached hydrogens (primary N) is 1. The molecule has 1 unspecified atom stereocenters. The summed E-state index contributed by atoms with van der Waals surface area (Å²) in [6.45, 7) is 2.09. The first kappa shape index (κ1) is 16.7. The van der Waals surface area contributed by atoms with Crippen LogP contribution in [0.1, 0.15) is 51.4 Å². The fourth-order valence-corrected chi connectivity index (χ4v) is 3.14. The summed E-state index contributed by atoms with van der Waals surface area (Å²) in [5.74, 6) is 0.165. The summed E-state index contributed by atoms with van der Waals surface area (Å²) in [5.41, 5.74) is 5.53. The van der Waals surface area contributed by atoms with Crippen molar-refractivity contribution in [2.45, 2.75) is 57.5 Å². The highest BCUT2D eigenvalue weighted by Gasteiger charge is 2.39. The second-order valence-corrected chi connectivity index (χ2v) is 5.72. The van der Waals surface area contributed by atoms with Crippen LogP contribution in [0, 0.1) is 5.41 Å². The van der Waals surface area contributed by atoms with E-state index in [0.717, 1.165) is 51.7 Å². The molecule has 0 aromatic heterocycles. The smallest absolute Gasteiger partial charge is 0.227 e. The molecule has 0 spiro atoms. The van der Waals surface area contributed by atoms with Crippen molar-refractivity contribution in [3.63, 3.8) is 0 Å². The molecule has 2 fully saturated rings. The molecule has 2 rings (SSSR count). The normalized spacial score (nSPS) is 25.6. The Kier molecular flexibility index (Phi) is 7.11. The van der Waals surface area contributed by atoms with Crippen LogP contribution < -0.4 is 11.1 Å². The average molecular weight is 291 g/mol. The number of carbonyl (C=O) groups is 1. The van der Waals surface area contributed by atoms with Gasteiger partial charge in [0.25, 0.3) is 0 Å². The van der Waals surface area contributed by atoms with E-state index in [9.17, 15) is 4.79 Å². The minimum Gasteiger partial charge on any atom is -0.378 e. The molecule has 0 aromatic rings. The SMILES string of the molecule is Cl.NCC1(C(=O)NCCC2CCCCO2)CCCC1. The summed E-state index contributed by atoms with van der Waals surface area (Å²) in [6.07, 6.45) is 9.03. The van der Waals surface area contributed by atoms with Crippen molar-refractivity contribution in [2.75, 3.05) is 19.7 Å². The third-order valence-electron chi connectivity index (χ3n) is 4.46. The lowest BCUT2D eigenvalue weighted by atomic mass is 9.85. The Hall–Kier alpha value is -0.320. The van der Waals surface area contributed by atoms with E-state index in [4.69, 9.17) is 10.5 Å². The molecule has 1 saturated heterocycles. The molecule has 1 amide bonds. The summed E-state index contributed by atoms with van der Waals surface area (Å²) in [6, 6.07) is 0. The molecule has 0 bridgehead atoms. The van der Waals surface area contributed by atoms with Gasteiger partial charge in [-0.15, -0.1) is 12.4 Å². The molecule has 0 aromatic carbocycles. The molecule has 1 atom stereocenters. The van der Waals surface area contributed by atoms with Crippen molar-refractivity contribution in [3.05, 3.63) is 0 Å². The zero-order valence-corrected chi connectivity index (χ0v) is 12.5. The maximum absolute atomic E-state index is 12.2. The van der Waals surface area contributed by atoms with E-state index in [0.29, 0.717) is 12.6 Å². The Morgan fingerprint density at radius 3 is 2.58 bits per heavy atom. The van der Waals surface area contributed by atoms with Gasteiger partial charge in [0.2, 0.25) is 5.91 Å². The van der Waals surface area contributed by atoms with E-state index < -0.39 is 0 Å². The Balaban J connectivity index is 0.00000180. The Bertz CT molecular complexity index is 275. The molecule has 1 saturated carbocycles. The lowest BCUT2D eigenvalue weighted by Crippen LogP contribution is -2.45. The lowest BCUT2D eigenvalue weighted by molar-refractivity contribution is -0.130. The van der Waals surface area contributed by atoms with Crippen molar-refractivity contribution in [1.82, 2.24) is 5.32 Å². The van der Waals surface area contributed by atoms with Gasteiger partial charge in [-0.3, -0.25) is 4.79 Å². The minimum atomic E-state index is -0.270. The van der Waals surface area contributed by atoms with Gasteiger partial charge in [0.1, 0.15) is 0 Å². The highest BCUT2D eigenvalue weighted by molar-refractivity contribution is 5.85. The highest BCUT2D eigenvalue weighted by atomic mass is 35.5. The van der Waals surface area contributed by atoms with Gasteiger partial charge < -0.3 is 15.8 Å². The van der Waals surface area contributed by atoms with Crippen LogP contribution in [-0.2, 0) is 9.53 Å². The van der Waals surface area contributed by atoms with Gasteiger partial charge in [-0.1, -0.05) is 12.8 Å². The van der Waals surface area contributed by atoms with Gasteiger partial charge in [0.15, 0.2) is 0 Å². The molecular formula is C14H27ClN2O2. The Morgan fingerprint density at radius 2 is 2.00 bits per heavy atom. The maximum Gasteiger partial charge on any atom is 0.227 e. The third kappa shape index (κ3) is 4.33. The van der Waals surface area contributed by atoms with Crippen LogP contribution >= 0.6 is 12.4 Å². The fourth-order valence-electron chi connectivity index (χ4n) is 3.14. The van der Waals surface area contributed by atoms with Crippen molar-refractivity contribution >= 4 is 18.3 Å². The fraction of sp³-hybridized carbons (Fsp3) is 0.929. The molecule has 112 valence electrons. The van der Waals surface area contributed by atoms with Crippen molar-refractivity contribution < 1.29 is 9.53 Å². The lowest BCUT2D eigenvalue weighted by Gasteiger charge is -2.27. The molecule has 1 aliphatic carbocycles. The molecule has 4 nitrogen and oxygen atoms in total. The number of amides is 1. The maximum atomic E-state index is 12.2. The standard InChI is InChI=1S/C14H26N2O2.ClH/c15-11-14(7-2-3-8-14)13(17)16-9-6-12-5-1-4-10-18-12;/h12H,1-11,15H2,(H,16,17);1H. The molecular weight excluding hydrogens is 264 g/mol. The van der Waals surface area contributed by atoms with Crippen LogP contribution in [-0.4, -0.2) is 31.7 Å². The third-order valence-corrected chi connectivity index (χ3v) is 4.46. The first-order valence-electron chi connectivity index (χ1n) is 7.37. The monoisotopic (exact) mass is 290 g/mol. The van der Waals surface area contributed by atoms with Crippen molar-refractivity contribution in [1.29, 1.82) is 0 Å². The zero-order valence-electron chi connectivity index (χ0n) is 11.7. The molecule has 1 heterocycles. The number of hydrogen-bond donors (Lipinski definition) is 2. The molecule has 2 aliphatic rings. The van der Waals surface area contributed by atoms with Crippen molar-refractivity contribution in [2.24, 2.45) is 11.1 Å². The van der Waals surface area contributed by atoms with E-state index in [1.807, 2.05) is 0 Å². The Morgan fingerprint density at radius 1 is 1.26 bits per heavy atom. The zero-order chi connectivity index (χ0) is 12.8. The summed E-state index contributed by atoms with van der Waals surface area (Å²) < 4.78 is 5.66. The van der Waals surface area contributed by atoms with Crippen LogP contribution in [0.5, 0.6) is 0 Å². The van der Waals surface area contributed by atoms with Crippen LogP contribution in [0.2, 0.25) is 0 Å². The van der Waals surface area contributed by atoms with Gasteiger partial charge in [0.05, 0.1) is 11.5 Å². The minimum absolute atomic E-state index is 0. The largest absolute Gasteiger partial charge is 0.378 e. The van der Waals surface area contributed by atoms with Gasteiger partial charge in [-0.25, -0.2) is 0 Å². The first-order chi connectivity index (χ1) is 8.77. The van der Waals surface area contributed by atoms with E-state index in [1.165, 1.54) is 12.8 Å². The van der Waals surface area contributed by atoms with Crippen LogP contribution in [0.25, 0.3) is 0 Å². The highest BCUT2D eigenvalue weighted by Crippen LogP contribution is 2.37. The summed E-state index contributed by atoms with van der Waals surface area (Å²) in [7, 11) is 0. The van der Waals surface area contributed by atoms with E-state index in [1.54, 1.807) is 0 Å². The second kappa shape index (κ2) is 8.08. The molecule has 1 aliphatic heterocycles. The number of halogens is 1. The first-order valence-corrected chi connectivity index (χ1v) is 7.37. The average Bonchev–Trinajstić information content (AvgIpc) is 2.90. The quantitative estimate of drug-likeness (QED) is 0.814. The second-order valence-electron chi connectivity index (χ2n) is 5.72. The predicted molar refractivity (Wildman–Crippen MR) is 78.4 cm³/mol. The van der Waals surface area contributed by atoms with Gasteiger partial charge in [0, 0.05) is 19.7 Å². The molecule has 0 radical (unpaired) electrons. The number of ether oxygens (including phenoxy) is 1. The van der Waals surface area contributed by atoms with Crippen molar-refractivity contribution in [3.8, 4) is 0 Å². The predicted octanol–water partition coefficient (Wildman–Crippen LogP) is 2.00. The topological polar surface area (TPSA) is 64.4 Å². The van der Waals surface area contributed by atoms with Gasteiger partial charge >= 0.3 is 0 Å². The summed E-state index contributed by atoms with van der Waals surface area (Å²) >= 11 is 0. The Labute approximate surface area is 122 Å². The van der Waals surface area contributed by atoms with Gasteiger partial charge in [-0.2, -0.15) is 0 Å².